The average molecular weight is 228 g/mol. The average Bonchev–Trinajstić information content (AvgIpc) is 2.48. The number of methoxy groups -OCH3 is 1. The smallest absolute Gasteiger partial charge is 0.331 e. The number of nitrogens with zero attached hydrogens (tertiary/aromatic N) is 1. The van der Waals surface area contributed by atoms with Crippen LogP contribution in [0.3, 0.4) is 0 Å². The number of ether oxygens (including phenoxy) is 1. The van der Waals surface area contributed by atoms with E-state index in [2.05, 4.69) is 10.1 Å². The Labute approximate surface area is 93.9 Å². The van der Waals surface area contributed by atoms with E-state index >= 15 is 0 Å². The molecule has 1 heterocycles. The van der Waals surface area contributed by atoms with Crippen molar-refractivity contribution in [1.29, 1.82) is 0 Å². The second-order valence-corrected chi connectivity index (χ2v) is 4.49. The minimum absolute atomic E-state index is 0.107. The molecule has 16 heavy (non-hydrogen) atoms. The molecule has 0 bridgehead atoms. The van der Waals surface area contributed by atoms with Crippen LogP contribution in [-0.4, -0.2) is 42.5 Å². The number of carbonyl (C=O) groups excluding carboxylic acids is 2. The highest BCUT2D eigenvalue weighted by atomic mass is 16.5. The Kier molecular flexibility index (Phi) is 2.94. The van der Waals surface area contributed by atoms with Gasteiger partial charge in [-0.15, -0.1) is 0 Å². The molecule has 0 aromatic carbocycles. The third-order valence-corrected chi connectivity index (χ3v) is 2.83. The molecule has 1 atom stereocenters. The van der Waals surface area contributed by atoms with Crippen molar-refractivity contribution >= 4 is 18.1 Å². The monoisotopic (exact) mass is 228 g/mol. The molecule has 0 spiro atoms. The molecule has 6 heteroatoms. The first-order chi connectivity index (χ1) is 7.30. The van der Waals surface area contributed by atoms with E-state index in [1.54, 1.807) is 13.8 Å². The van der Waals surface area contributed by atoms with Crippen molar-refractivity contribution in [2.45, 2.75) is 25.8 Å². The molecular formula is C10H16N2O4. The van der Waals surface area contributed by atoms with Gasteiger partial charge in [0.15, 0.2) is 11.8 Å². The third kappa shape index (κ3) is 1.64. The molecule has 1 rings (SSSR count). The Morgan fingerprint density at radius 3 is 2.38 bits per heavy atom. The highest BCUT2D eigenvalue weighted by Gasteiger charge is 2.59. The highest BCUT2D eigenvalue weighted by Crippen LogP contribution is 2.36. The molecule has 1 aliphatic rings. The van der Waals surface area contributed by atoms with Crippen molar-refractivity contribution in [2.75, 3.05) is 14.2 Å². The first kappa shape index (κ1) is 12.5. The van der Waals surface area contributed by atoms with Crippen LogP contribution in [0, 0.1) is 10.6 Å². The first-order valence-electron chi connectivity index (χ1n) is 4.93. The highest BCUT2D eigenvalue weighted by molar-refractivity contribution is 6.16. The van der Waals surface area contributed by atoms with Crippen molar-refractivity contribution in [1.82, 2.24) is 5.32 Å². The van der Waals surface area contributed by atoms with E-state index < -0.39 is 22.8 Å². The lowest BCUT2D eigenvalue weighted by atomic mass is 9.80. The Morgan fingerprint density at radius 2 is 2.06 bits per heavy atom. The van der Waals surface area contributed by atoms with Crippen LogP contribution in [0.4, 0.5) is 0 Å². The van der Waals surface area contributed by atoms with Gasteiger partial charge in [0.2, 0.25) is 11.3 Å². The van der Waals surface area contributed by atoms with E-state index in [4.69, 9.17) is 0 Å². The molecule has 0 saturated heterocycles. The zero-order valence-corrected chi connectivity index (χ0v) is 9.86. The topological polar surface area (TPSA) is 81.5 Å². The number of carbonyl (C=O) groups is 2. The largest absolute Gasteiger partial charge is 0.624 e. The summed E-state index contributed by atoms with van der Waals surface area (Å²) in [6.45, 7) is 3.34. The maximum atomic E-state index is 11.8. The Hall–Kier alpha value is -1.59. The van der Waals surface area contributed by atoms with Crippen LogP contribution in [0.5, 0.6) is 0 Å². The summed E-state index contributed by atoms with van der Waals surface area (Å²) in [4.78, 5) is 23.5. The van der Waals surface area contributed by atoms with Gasteiger partial charge in [0.25, 0.3) is 0 Å². The number of rotatable bonds is 2. The number of hydrogen-bond acceptors (Lipinski definition) is 4. The second kappa shape index (κ2) is 3.77. The summed E-state index contributed by atoms with van der Waals surface area (Å²) < 4.78 is 5.24. The van der Waals surface area contributed by atoms with E-state index in [-0.39, 0.29) is 6.42 Å². The van der Waals surface area contributed by atoms with Crippen LogP contribution in [0.1, 0.15) is 20.3 Å². The van der Waals surface area contributed by atoms with Gasteiger partial charge in [-0.2, -0.15) is 0 Å². The predicted molar refractivity (Wildman–Crippen MR) is 56.9 cm³/mol. The molecule has 1 aliphatic heterocycles. The minimum Gasteiger partial charge on any atom is -0.624 e. The minimum atomic E-state index is -1.51. The second-order valence-electron chi connectivity index (χ2n) is 4.49. The van der Waals surface area contributed by atoms with Crippen LogP contribution >= 0.6 is 0 Å². The van der Waals surface area contributed by atoms with Gasteiger partial charge in [-0.25, -0.2) is 4.74 Å². The first-order valence-corrected chi connectivity index (χ1v) is 4.93. The lowest BCUT2D eigenvalue weighted by Crippen LogP contribution is -2.47. The van der Waals surface area contributed by atoms with E-state index in [0.717, 1.165) is 6.21 Å². The van der Waals surface area contributed by atoms with Gasteiger partial charge in [0, 0.05) is 27.3 Å². The molecule has 0 saturated carbocycles. The molecule has 0 aliphatic carbocycles. The van der Waals surface area contributed by atoms with E-state index in [0.29, 0.717) is 4.74 Å². The molecule has 0 aromatic heterocycles. The summed E-state index contributed by atoms with van der Waals surface area (Å²) >= 11 is 0. The lowest BCUT2D eigenvalue weighted by molar-refractivity contribution is -0.527. The van der Waals surface area contributed by atoms with Crippen LogP contribution in [0.15, 0.2) is 0 Å². The van der Waals surface area contributed by atoms with Crippen molar-refractivity contribution in [3.8, 4) is 0 Å². The fourth-order valence-corrected chi connectivity index (χ4v) is 1.94. The molecule has 0 fully saturated rings. The van der Waals surface area contributed by atoms with Gasteiger partial charge in [-0.05, 0) is 0 Å². The van der Waals surface area contributed by atoms with E-state index in [1.165, 1.54) is 14.2 Å². The predicted octanol–water partition coefficient (Wildman–Crippen LogP) is -0.345. The summed E-state index contributed by atoms with van der Waals surface area (Å²) in [6.07, 6.45) is 1.20. The number of nitrogens with one attached hydrogen (secondary N) is 1. The van der Waals surface area contributed by atoms with Crippen molar-refractivity contribution < 1.29 is 19.1 Å². The summed E-state index contributed by atoms with van der Waals surface area (Å²) in [5.74, 6) is -1.23. The lowest BCUT2D eigenvalue weighted by Gasteiger charge is -2.22. The van der Waals surface area contributed by atoms with Crippen molar-refractivity contribution in [3.63, 3.8) is 0 Å². The van der Waals surface area contributed by atoms with Crippen molar-refractivity contribution in [3.05, 3.63) is 5.21 Å². The normalized spacial score (nSPS) is 27.1. The summed E-state index contributed by atoms with van der Waals surface area (Å²) in [5.41, 5.74) is -2.30. The Morgan fingerprint density at radius 1 is 1.50 bits per heavy atom. The maximum absolute atomic E-state index is 11.8. The third-order valence-electron chi connectivity index (χ3n) is 2.83. The van der Waals surface area contributed by atoms with Gasteiger partial charge < -0.3 is 15.3 Å². The van der Waals surface area contributed by atoms with Crippen molar-refractivity contribution in [2.24, 2.45) is 5.41 Å². The molecule has 90 valence electrons. The molecule has 1 N–H and O–H groups in total. The van der Waals surface area contributed by atoms with E-state index in [1.807, 2.05) is 0 Å². The Balaban J connectivity index is 3.21. The van der Waals surface area contributed by atoms with Gasteiger partial charge >= 0.3 is 5.97 Å². The summed E-state index contributed by atoms with van der Waals surface area (Å²) in [6, 6.07) is 0. The maximum Gasteiger partial charge on any atom is 0.331 e. The van der Waals surface area contributed by atoms with Gasteiger partial charge in [-0.3, -0.25) is 9.59 Å². The van der Waals surface area contributed by atoms with E-state index in [9.17, 15) is 14.8 Å². The number of hydrogen-bond donors (Lipinski definition) is 1. The fourth-order valence-electron chi connectivity index (χ4n) is 1.94. The number of esters is 1. The summed E-state index contributed by atoms with van der Waals surface area (Å²) in [5, 5.41) is 14.0. The molecule has 1 unspecified atom stereocenters. The van der Waals surface area contributed by atoms with Gasteiger partial charge in [-0.1, -0.05) is 0 Å². The van der Waals surface area contributed by atoms with Crippen LogP contribution in [-0.2, 0) is 14.3 Å². The quantitative estimate of drug-likeness (QED) is 0.303. The molecular weight excluding hydrogens is 212 g/mol. The molecule has 0 aromatic rings. The van der Waals surface area contributed by atoms with Gasteiger partial charge in [0.1, 0.15) is 0 Å². The van der Waals surface area contributed by atoms with Crippen LogP contribution in [0.2, 0.25) is 0 Å². The molecule has 1 amide bonds. The molecule has 6 nitrogen and oxygen atoms in total. The summed E-state index contributed by atoms with van der Waals surface area (Å²) in [7, 11) is 2.61. The van der Waals surface area contributed by atoms with Crippen LogP contribution in [0.25, 0.3) is 0 Å². The fraction of sp³-hybridized carbons (Fsp3) is 0.700. The zero-order valence-electron chi connectivity index (χ0n) is 9.86. The standard InChI is InChI=1S/C10H16N2O4/c1-9(2)5-10(6-12(9)15,7(13)11-3)8(14)16-4/h6H,5H2,1-4H3,(H,11,13). The SMILES string of the molecule is CNC(=O)C1(C(=O)OC)C=[N+]([O-])C(C)(C)C1. The van der Waals surface area contributed by atoms with Gasteiger partial charge in [0.05, 0.1) is 7.11 Å². The zero-order chi connectivity index (χ0) is 12.6. The number of hydroxylamine groups is 1. The Bertz CT molecular complexity index is 344. The van der Waals surface area contributed by atoms with Crippen LogP contribution < -0.4 is 5.32 Å². The number of amides is 1. The molecule has 0 radical (unpaired) electrons.